The first-order valence-corrected chi connectivity index (χ1v) is 10.2. The van der Waals surface area contributed by atoms with Crippen LogP contribution in [0.25, 0.3) is 0 Å². The zero-order valence-corrected chi connectivity index (χ0v) is 17.6. The quantitative estimate of drug-likeness (QED) is 0.758. The number of tetrazole rings is 1. The number of benzene rings is 1. The lowest BCUT2D eigenvalue weighted by Gasteiger charge is -2.31. The van der Waals surface area contributed by atoms with Crippen molar-refractivity contribution in [1.82, 2.24) is 25.1 Å². The molecule has 0 saturated carbocycles. The van der Waals surface area contributed by atoms with Gasteiger partial charge in [-0.3, -0.25) is 4.79 Å². The van der Waals surface area contributed by atoms with Crippen LogP contribution in [0.5, 0.6) is 0 Å². The summed E-state index contributed by atoms with van der Waals surface area (Å²) in [6.07, 6.45) is 1.98. The van der Waals surface area contributed by atoms with E-state index in [0.717, 1.165) is 0 Å². The number of likely N-dealkylation sites (tertiary alicyclic amines) is 1. The number of hydrogen-bond donors (Lipinski definition) is 0. The second-order valence-electron chi connectivity index (χ2n) is 8.90. The Bertz CT molecular complexity index is 920. The van der Waals surface area contributed by atoms with Crippen LogP contribution < -0.4 is 0 Å². The van der Waals surface area contributed by atoms with Gasteiger partial charge in [-0.1, -0.05) is 17.7 Å². The number of nitrogens with zero attached hydrogens (tertiary/aromatic N) is 5. The first kappa shape index (κ1) is 20.2. The zero-order chi connectivity index (χ0) is 20.8. The van der Waals surface area contributed by atoms with Crippen LogP contribution in [0.3, 0.4) is 0 Å². The summed E-state index contributed by atoms with van der Waals surface area (Å²) in [5.74, 6) is 0.322. The predicted octanol–water partition coefficient (Wildman–Crippen LogP) is 3.49. The highest BCUT2D eigenvalue weighted by Crippen LogP contribution is 2.50. The monoisotopic (exact) mass is 421 g/mol. The Balaban J connectivity index is 1.74. The number of amides is 1. The molecular formula is C20H25ClFN5O2. The Labute approximate surface area is 174 Å². The molecule has 0 radical (unpaired) electrons. The van der Waals surface area contributed by atoms with Gasteiger partial charge >= 0.3 is 0 Å². The van der Waals surface area contributed by atoms with E-state index in [1.165, 1.54) is 12.1 Å². The fourth-order valence-corrected chi connectivity index (χ4v) is 4.55. The lowest BCUT2D eigenvalue weighted by Crippen LogP contribution is -2.39. The molecule has 7 nitrogen and oxygen atoms in total. The SMILES string of the molecule is CC(C)(C)n1nnnc1[C@@H]1CC2(CCOCC2)C(=O)N1Cc1ccc(F)cc1Cl. The molecule has 4 rings (SSSR count). The summed E-state index contributed by atoms with van der Waals surface area (Å²) in [5, 5.41) is 12.7. The van der Waals surface area contributed by atoms with E-state index in [2.05, 4.69) is 15.5 Å². The maximum absolute atomic E-state index is 13.6. The van der Waals surface area contributed by atoms with Gasteiger partial charge in [0.25, 0.3) is 0 Å². The van der Waals surface area contributed by atoms with Crippen molar-refractivity contribution >= 4 is 17.5 Å². The van der Waals surface area contributed by atoms with Crippen LogP contribution in [-0.4, -0.2) is 44.2 Å². The molecule has 0 aliphatic carbocycles. The van der Waals surface area contributed by atoms with E-state index in [4.69, 9.17) is 16.3 Å². The van der Waals surface area contributed by atoms with Crippen LogP contribution in [0, 0.1) is 11.2 Å². The van der Waals surface area contributed by atoms with E-state index in [1.54, 1.807) is 15.6 Å². The van der Waals surface area contributed by atoms with Gasteiger partial charge in [-0.25, -0.2) is 9.07 Å². The minimum absolute atomic E-state index is 0.0645. The highest BCUT2D eigenvalue weighted by Gasteiger charge is 2.54. The van der Waals surface area contributed by atoms with Gasteiger partial charge in [0, 0.05) is 24.8 Å². The van der Waals surface area contributed by atoms with Crippen molar-refractivity contribution in [3.63, 3.8) is 0 Å². The third-order valence-electron chi connectivity index (χ3n) is 5.91. The molecule has 156 valence electrons. The Hall–Kier alpha value is -2.06. The summed E-state index contributed by atoms with van der Waals surface area (Å²) < 4.78 is 20.8. The Morgan fingerprint density at radius 1 is 1.31 bits per heavy atom. The number of aromatic nitrogens is 4. The Morgan fingerprint density at radius 2 is 2.03 bits per heavy atom. The summed E-state index contributed by atoms with van der Waals surface area (Å²) in [4.78, 5) is 15.4. The topological polar surface area (TPSA) is 73.1 Å². The Kier molecular flexibility index (Phi) is 5.11. The highest BCUT2D eigenvalue weighted by atomic mass is 35.5. The standard InChI is InChI=1S/C20H25ClFN5O2/c1-19(2,3)27-17(23-24-25-27)16-11-20(6-8-29-9-7-20)18(28)26(16)12-13-4-5-14(22)10-15(13)21/h4-5,10,16H,6-9,11-12H2,1-3H3/t16-/m0/s1. The number of hydrogen-bond acceptors (Lipinski definition) is 5. The van der Waals surface area contributed by atoms with Gasteiger partial charge in [0.1, 0.15) is 5.82 Å². The van der Waals surface area contributed by atoms with Crippen molar-refractivity contribution in [2.24, 2.45) is 5.41 Å². The molecule has 3 heterocycles. The van der Waals surface area contributed by atoms with E-state index >= 15 is 0 Å². The number of rotatable bonds is 3. The zero-order valence-electron chi connectivity index (χ0n) is 16.9. The molecule has 0 N–H and O–H groups in total. The van der Waals surface area contributed by atoms with E-state index in [9.17, 15) is 9.18 Å². The summed E-state index contributed by atoms with van der Waals surface area (Å²) in [6.45, 7) is 7.48. The highest BCUT2D eigenvalue weighted by molar-refractivity contribution is 6.31. The molecule has 9 heteroatoms. The second-order valence-corrected chi connectivity index (χ2v) is 9.31. The lowest BCUT2D eigenvalue weighted by molar-refractivity contribution is -0.141. The van der Waals surface area contributed by atoms with Gasteiger partial charge in [0.2, 0.25) is 5.91 Å². The maximum atomic E-state index is 13.6. The van der Waals surface area contributed by atoms with Crippen molar-refractivity contribution in [1.29, 1.82) is 0 Å². The molecule has 2 saturated heterocycles. The van der Waals surface area contributed by atoms with Gasteiger partial charge in [-0.2, -0.15) is 0 Å². The van der Waals surface area contributed by atoms with Gasteiger partial charge in [0.15, 0.2) is 5.82 Å². The van der Waals surface area contributed by atoms with E-state index in [-0.39, 0.29) is 24.0 Å². The number of halogens is 2. The molecule has 0 unspecified atom stereocenters. The van der Waals surface area contributed by atoms with Crippen LogP contribution in [0.2, 0.25) is 5.02 Å². The number of carbonyl (C=O) groups is 1. The third-order valence-corrected chi connectivity index (χ3v) is 6.26. The fourth-order valence-electron chi connectivity index (χ4n) is 4.32. The normalized spacial score (nSPS) is 21.9. The smallest absolute Gasteiger partial charge is 0.229 e. The minimum Gasteiger partial charge on any atom is -0.381 e. The molecular weight excluding hydrogens is 397 g/mol. The molecule has 1 atom stereocenters. The van der Waals surface area contributed by atoms with E-state index < -0.39 is 11.2 Å². The van der Waals surface area contributed by atoms with Gasteiger partial charge in [0.05, 0.1) is 17.0 Å². The summed E-state index contributed by atoms with van der Waals surface area (Å²) >= 11 is 6.27. The summed E-state index contributed by atoms with van der Waals surface area (Å²) in [5.41, 5.74) is -0.110. The van der Waals surface area contributed by atoms with Crippen LogP contribution in [0.1, 0.15) is 57.5 Å². The van der Waals surface area contributed by atoms with E-state index in [0.29, 0.717) is 48.9 Å². The molecule has 1 amide bonds. The molecule has 2 aromatic rings. The predicted molar refractivity (Wildman–Crippen MR) is 105 cm³/mol. The molecule has 1 aromatic heterocycles. The number of ether oxygens (including phenoxy) is 1. The van der Waals surface area contributed by atoms with Gasteiger partial charge in [-0.15, -0.1) is 5.10 Å². The lowest BCUT2D eigenvalue weighted by atomic mass is 9.77. The van der Waals surface area contributed by atoms with E-state index in [1.807, 2.05) is 20.8 Å². The maximum Gasteiger partial charge on any atom is 0.229 e. The first-order valence-electron chi connectivity index (χ1n) is 9.83. The third kappa shape index (κ3) is 3.64. The number of carbonyl (C=O) groups excluding carboxylic acids is 1. The molecule has 1 aromatic carbocycles. The second kappa shape index (κ2) is 7.32. The van der Waals surface area contributed by atoms with Crippen molar-refractivity contribution in [2.45, 2.75) is 58.2 Å². The van der Waals surface area contributed by atoms with Crippen molar-refractivity contribution in [3.8, 4) is 0 Å². The molecule has 29 heavy (non-hydrogen) atoms. The summed E-state index contributed by atoms with van der Waals surface area (Å²) in [6, 6.07) is 3.98. The molecule has 2 aliphatic rings. The molecule has 1 spiro atoms. The molecule has 0 bridgehead atoms. The average Bonchev–Trinajstić information content (AvgIpc) is 3.24. The van der Waals surface area contributed by atoms with Crippen molar-refractivity contribution in [2.75, 3.05) is 13.2 Å². The first-order chi connectivity index (χ1) is 13.7. The minimum atomic E-state index is -0.482. The molecule has 2 aliphatic heterocycles. The van der Waals surface area contributed by atoms with Gasteiger partial charge in [-0.05, 0) is 68.2 Å². The van der Waals surface area contributed by atoms with Gasteiger partial charge < -0.3 is 9.64 Å². The summed E-state index contributed by atoms with van der Waals surface area (Å²) in [7, 11) is 0. The Morgan fingerprint density at radius 3 is 2.69 bits per heavy atom. The van der Waals surface area contributed by atoms with Crippen LogP contribution >= 0.6 is 11.6 Å². The molecule has 2 fully saturated rings. The average molecular weight is 422 g/mol. The largest absolute Gasteiger partial charge is 0.381 e. The van der Waals surface area contributed by atoms with Crippen molar-refractivity contribution < 1.29 is 13.9 Å². The fraction of sp³-hybridized carbons (Fsp3) is 0.600. The van der Waals surface area contributed by atoms with Crippen LogP contribution in [-0.2, 0) is 21.6 Å². The van der Waals surface area contributed by atoms with Crippen LogP contribution in [0.15, 0.2) is 18.2 Å². The van der Waals surface area contributed by atoms with Crippen LogP contribution in [0.4, 0.5) is 4.39 Å². The van der Waals surface area contributed by atoms with Crippen molar-refractivity contribution in [3.05, 3.63) is 40.4 Å².